The van der Waals surface area contributed by atoms with Crippen LogP contribution in [0.1, 0.15) is 22.8 Å². The number of hydrogen-bond acceptors (Lipinski definition) is 5. The van der Waals surface area contributed by atoms with Crippen molar-refractivity contribution < 1.29 is 19.0 Å². The molecule has 0 spiro atoms. The molecule has 0 radical (unpaired) electrons. The SMILES string of the molecule is CC1Cn2cc(C(=O)NCc3ccc4c(c3)OCO4)c(=O)c3c(Cl)ccc(c32)O1. The molecular formula is C21H17ClN2O5. The second-order valence-corrected chi connectivity index (χ2v) is 7.50. The summed E-state index contributed by atoms with van der Waals surface area (Å²) in [6, 6.07) is 8.81. The van der Waals surface area contributed by atoms with Crippen molar-refractivity contribution in [1.82, 2.24) is 9.88 Å². The lowest BCUT2D eigenvalue weighted by atomic mass is 10.1. The van der Waals surface area contributed by atoms with Gasteiger partial charge in [0, 0.05) is 12.7 Å². The molecule has 1 N–H and O–H groups in total. The number of nitrogens with one attached hydrogen (secondary N) is 1. The monoisotopic (exact) mass is 412 g/mol. The number of halogens is 1. The largest absolute Gasteiger partial charge is 0.487 e. The smallest absolute Gasteiger partial charge is 0.257 e. The summed E-state index contributed by atoms with van der Waals surface area (Å²) >= 11 is 6.30. The van der Waals surface area contributed by atoms with E-state index in [-0.39, 0.29) is 25.0 Å². The summed E-state index contributed by atoms with van der Waals surface area (Å²) in [6.45, 7) is 2.89. The normalized spacial score (nSPS) is 16.6. The maximum atomic E-state index is 13.0. The standard InChI is InChI=1S/C21H17ClN2O5/c1-11-8-24-9-13(20(25)18-14(22)3-5-16(29-11)19(18)24)21(26)23-7-12-2-4-15-17(6-12)28-10-27-15/h2-6,9,11H,7-8,10H2,1H3,(H,23,26). The van der Waals surface area contributed by atoms with Gasteiger partial charge in [0.15, 0.2) is 11.5 Å². The molecule has 0 aliphatic carbocycles. The van der Waals surface area contributed by atoms with Crippen LogP contribution in [0, 0.1) is 0 Å². The Kier molecular flexibility index (Phi) is 4.13. The highest BCUT2D eigenvalue weighted by Gasteiger charge is 2.24. The van der Waals surface area contributed by atoms with Gasteiger partial charge in [0.1, 0.15) is 17.4 Å². The number of pyridine rings is 1. The number of hydrogen-bond donors (Lipinski definition) is 1. The average molecular weight is 413 g/mol. The number of benzene rings is 2. The second kappa shape index (κ2) is 6.70. The van der Waals surface area contributed by atoms with E-state index in [9.17, 15) is 9.59 Å². The Labute approximate surface area is 170 Å². The highest BCUT2D eigenvalue weighted by atomic mass is 35.5. The molecule has 0 saturated heterocycles. The van der Waals surface area contributed by atoms with Crippen LogP contribution in [0.4, 0.5) is 0 Å². The molecule has 148 valence electrons. The Morgan fingerprint density at radius 3 is 2.86 bits per heavy atom. The fourth-order valence-electron chi connectivity index (χ4n) is 3.72. The molecular weight excluding hydrogens is 396 g/mol. The minimum atomic E-state index is -0.459. The van der Waals surface area contributed by atoms with Gasteiger partial charge in [-0.2, -0.15) is 0 Å². The molecule has 3 heterocycles. The first-order valence-corrected chi connectivity index (χ1v) is 9.58. The van der Waals surface area contributed by atoms with Crippen LogP contribution in [-0.2, 0) is 13.1 Å². The average Bonchev–Trinajstić information content (AvgIpc) is 3.17. The van der Waals surface area contributed by atoms with E-state index in [0.29, 0.717) is 39.7 Å². The van der Waals surface area contributed by atoms with Gasteiger partial charge in [-0.25, -0.2) is 0 Å². The van der Waals surface area contributed by atoms with E-state index in [1.807, 2.05) is 23.6 Å². The Balaban J connectivity index is 1.49. The molecule has 1 unspecified atom stereocenters. The van der Waals surface area contributed by atoms with Crippen LogP contribution < -0.4 is 25.0 Å². The van der Waals surface area contributed by atoms with E-state index >= 15 is 0 Å². The number of ether oxygens (including phenoxy) is 3. The number of carbonyl (C=O) groups excluding carboxylic acids is 1. The third-order valence-electron chi connectivity index (χ3n) is 5.05. The van der Waals surface area contributed by atoms with E-state index in [1.54, 1.807) is 24.4 Å². The van der Waals surface area contributed by atoms with Crippen molar-refractivity contribution in [2.45, 2.75) is 26.1 Å². The minimum Gasteiger partial charge on any atom is -0.487 e. The molecule has 3 aromatic rings. The summed E-state index contributed by atoms with van der Waals surface area (Å²) in [4.78, 5) is 25.9. The predicted molar refractivity (Wildman–Crippen MR) is 107 cm³/mol. The van der Waals surface area contributed by atoms with Crippen molar-refractivity contribution in [3.05, 3.63) is 62.9 Å². The number of carbonyl (C=O) groups is 1. The summed E-state index contributed by atoms with van der Waals surface area (Å²) in [7, 11) is 0. The zero-order chi connectivity index (χ0) is 20.1. The Morgan fingerprint density at radius 1 is 1.21 bits per heavy atom. The second-order valence-electron chi connectivity index (χ2n) is 7.09. The van der Waals surface area contributed by atoms with Crippen LogP contribution >= 0.6 is 11.6 Å². The molecule has 8 heteroatoms. The van der Waals surface area contributed by atoms with E-state index in [4.69, 9.17) is 25.8 Å². The van der Waals surface area contributed by atoms with Crippen molar-refractivity contribution in [3.8, 4) is 17.2 Å². The maximum absolute atomic E-state index is 13.0. The minimum absolute atomic E-state index is 0.0476. The van der Waals surface area contributed by atoms with Gasteiger partial charge in [0.2, 0.25) is 12.2 Å². The number of aromatic nitrogens is 1. The number of nitrogens with zero attached hydrogens (tertiary/aromatic N) is 1. The van der Waals surface area contributed by atoms with Gasteiger partial charge in [-0.15, -0.1) is 0 Å². The van der Waals surface area contributed by atoms with Gasteiger partial charge in [-0.3, -0.25) is 9.59 Å². The maximum Gasteiger partial charge on any atom is 0.257 e. The molecule has 2 aliphatic rings. The molecule has 0 fully saturated rings. The zero-order valence-corrected chi connectivity index (χ0v) is 16.3. The quantitative estimate of drug-likeness (QED) is 0.715. The predicted octanol–water partition coefficient (Wildman–Crippen LogP) is 3.09. The lowest BCUT2D eigenvalue weighted by molar-refractivity contribution is 0.0948. The van der Waals surface area contributed by atoms with Gasteiger partial charge in [-0.1, -0.05) is 17.7 Å². The third-order valence-corrected chi connectivity index (χ3v) is 5.37. The summed E-state index contributed by atoms with van der Waals surface area (Å²) < 4.78 is 18.3. The fraction of sp³-hybridized carbons (Fsp3) is 0.238. The van der Waals surface area contributed by atoms with Gasteiger partial charge in [-0.05, 0) is 36.8 Å². The molecule has 1 atom stereocenters. The highest BCUT2D eigenvalue weighted by Crippen LogP contribution is 2.34. The van der Waals surface area contributed by atoms with E-state index in [2.05, 4.69) is 5.32 Å². The first kappa shape index (κ1) is 17.9. The molecule has 1 amide bonds. The Hall–Kier alpha value is -3.19. The Morgan fingerprint density at radius 2 is 2.00 bits per heavy atom. The van der Waals surface area contributed by atoms with E-state index in [1.165, 1.54) is 0 Å². The molecule has 29 heavy (non-hydrogen) atoms. The summed E-state index contributed by atoms with van der Waals surface area (Å²) in [5.41, 5.74) is 1.09. The number of amides is 1. The van der Waals surface area contributed by atoms with Crippen LogP contribution in [0.15, 0.2) is 41.3 Å². The molecule has 0 saturated carbocycles. The molecule has 2 aromatic carbocycles. The first-order valence-electron chi connectivity index (χ1n) is 9.20. The van der Waals surface area contributed by atoms with Gasteiger partial charge in [0.05, 0.1) is 22.5 Å². The molecule has 5 rings (SSSR count). The van der Waals surface area contributed by atoms with Crippen LogP contribution in [0.25, 0.3) is 10.9 Å². The molecule has 2 aliphatic heterocycles. The van der Waals surface area contributed by atoms with E-state index < -0.39 is 11.3 Å². The third kappa shape index (κ3) is 2.98. The van der Waals surface area contributed by atoms with Crippen molar-refractivity contribution in [3.63, 3.8) is 0 Å². The van der Waals surface area contributed by atoms with Crippen molar-refractivity contribution >= 4 is 28.4 Å². The number of fused-ring (bicyclic) bond motifs is 1. The zero-order valence-electron chi connectivity index (χ0n) is 15.5. The molecule has 0 bridgehead atoms. The van der Waals surface area contributed by atoms with Gasteiger partial charge >= 0.3 is 0 Å². The Bertz CT molecular complexity index is 1220. The first-order chi connectivity index (χ1) is 14.0. The van der Waals surface area contributed by atoms with Crippen molar-refractivity contribution in [2.75, 3.05) is 6.79 Å². The van der Waals surface area contributed by atoms with Crippen LogP contribution in [0.2, 0.25) is 5.02 Å². The lowest BCUT2D eigenvalue weighted by Gasteiger charge is -2.26. The molecule has 1 aromatic heterocycles. The van der Waals surface area contributed by atoms with Crippen LogP contribution in [-0.4, -0.2) is 23.4 Å². The van der Waals surface area contributed by atoms with Crippen LogP contribution in [0.5, 0.6) is 17.2 Å². The van der Waals surface area contributed by atoms with Crippen LogP contribution in [0.3, 0.4) is 0 Å². The van der Waals surface area contributed by atoms with Gasteiger partial charge < -0.3 is 24.1 Å². The van der Waals surface area contributed by atoms with Crippen molar-refractivity contribution in [2.24, 2.45) is 0 Å². The summed E-state index contributed by atoms with van der Waals surface area (Å²) in [5, 5.41) is 3.40. The highest BCUT2D eigenvalue weighted by molar-refractivity contribution is 6.35. The molecule has 7 nitrogen and oxygen atoms in total. The van der Waals surface area contributed by atoms with Gasteiger partial charge in [0.25, 0.3) is 5.91 Å². The van der Waals surface area contributed by atoms with E-state index in [0.717, 1.165) is 5.56 Å². The van der Waals surface area contributed by atoms with Crippen molar-refractivity contribution in [1.29, 1.82) is 0 Å². The lowest BCUT2D eigenvalue weighted by Crippen LogP contribution is -2.32. The summed E-state index contributed by atoms with van der Waals surface area (Å²) in [6.07, 6.45) is 1.50. The number of rotatable bonds is 3. The topological polar surface area (TPSA) is 78.8 Å². The fourth-order valence-corrected chi connectivity index (χ4v) is 3.96. The summed E-state index contributed by atoms with van der Waals surface area (Å²) in [5.74, 6) is 1.44.